The van der Waals surface area contributed by atoms with Crippen LogP contribution in [0.3, 0.4) is 0 Å². The minimum Gasteiger partial charge on any atom is -0.310 e. The van der Waals surface area contributed by atoms with Gasteiger partial charge in [0.05, 0.1) is 0 Å². The zero-order valence-corrected chi connectivity index (χ0v) is 6.81. The fourth-order valence-corrected chi connectivity index (χ4v) is 1.74. The molecule has 2 aliphatic rings. The highest BCUT2D eigenvalue weighted by molar-refractivity contribution is 6.02. The van der Waals surface area contributed by atoms with Gasteiger partial charge in [0.2, 0.25) is 0 Å². The quantitative estimate of drug-likeness (QED) is 0.434. The molecule has 0 radical (unpaired) electrons. The van der Waals surface area contributed by atoms with Crippen molar-refractivity contribution in [2.45, 2.75) is 25.1 Å². The second-order valence-corrected chi connectivity index (χ2v) is 3.26. The van der Waals surface area contributed by atoms with Crippen LogP contribution in [0.4, 0.5) is 9.18 Å². The summed E-state index contributed by atoms with van der Waals surface area (Å²) in [5.41, 5.74) is 0. The molecular formula is C7H9FN2O3. The highest BCUT2D eigenvalue weighted by Crippen LogP contribution is 2.26. The van der Waals surface area contributed by atoms with E-state index in [2.05, 4.69) is 0 Å². The molecule has 0 aliphatic carbocycles. The van der Waals surface area contributed by atoms with E-state index in [0.29, 0.717) is 0 Å². The number of urea groups is 1. The maximum atomic E-state index is 12.9. The number of nitrogens with zero attached hydrogens (tertiary/aromatic N) is 2. The third-order valence-electron chi connectivity index (χ3n) is 2.46. The largest absolute Gasteiger partial charge is 0.351 e. The molecule has 0 bridgehead atoms. The molecular weight excluding hydrogens is 179 g/mol. The predicted molar refractivity (Wildman–Crippen MR) is 38.7 cm³/mol. The van der Waals surface area contributed by atoms with Gasteiger partial charge in [0, 0.05) is 13.0 Å². The number of hydrogen-bond donors (Lipinski definition) is 1. The van der Waals surface area contributed by atoms with Gasteiger partial charge in [-0.2, -0.15) is 0 Å². The molecule has 0 aromatic rings. The summed E-state index contributed by atoms with van der Waals surface area (Å²) >= 11 is 0. The average Bonchev–Trinajstić information content (AvgIpc) is 2.32. The number of imide groups is 1. The molecule has 0 saturated carbocycles. The molecule has 2 unspecified atom stereocenters. The third kappa shape index (κ3) is 1.09. The molecule has 0 aromatic heterocycles. The molecule has 3 amide bonds. The first-order valence-electron chi connectivity index (χ1n) is 4.09. The monoisotopic (exact) mass is 188 g/mol. The van der Waals surface area contributed by atoms with Gasteiger partial charge in [-0.25, -0.2) is 9.18 Å². The van der Waals surface area contributed by atoms with Crippen LogP contribution in [0.15, 0.2) is 0 Å². The van der Waals surface area contributed by atoms with Crippen molar-refractivity contribution in [3.8, 4) is 0 Å². The molecule has 0 aromatic carbocycles. The Morgan fingerprint density at radius 3 is 2.85 bits per heavy atom. The number of alkyl halides is 1. The number of carbonyl (C=O) groups excluding carboxylic acids is 2. The molecule has 13 heavy (non-hydrogen) atoms. The van der Waals surface area contributed by atoms with Crippen molar-refractivity contribution in [3.05, 3.63) is 0 Å². The van der Waals surface area contributed by atoms with Gasteiger partial charge < -0.3 is 4.90 Å². The lowest BCUT2D eigenvalue weighted by atomic mass is 10.0. The second kappa shape index (κ2) is 2.66. The SMILES string of the molecule is O=C1C2CC(F)CCN2C(=O)N1O. The molecule has 2 atom stereocenters. The molecule has 2 aliphatic heterocycles. The van der Waals surface area contributed by atoms with E-state index < -0.39 is 24.2 Å². The van der Waals surface area contributed by atoms with Crippen LogP contribution in [-0.2, 0) is 4.79 Å². The van der Waals surface area contributed by atoms with Gasteiger partial charge in [0.1, 0.15) is 12.2 Å². The standard InChI is InChI=1S/C7H9FN2O3/c8-4-1-2-9-5(3-4)6(11)10(13)7(9)12/h4-5,13H,1-3H2. The van der Waals surface area contributed by atoms with Gasteiger partial charge in [-0.1, -0.05) is 0 Å². The maximum absolute atomic E-state index is 12.9. The number of piperidine rings is 1. The predicted octanol–water partition coefficient (Wildman–Crippen LogP) is 0.140. The smallest absolute Gasteiger partial charge is 0.310 e. The lowest BCUT2D eigenvalue weighted by Gasteiger charge is -2.28. The van der Waals surface area contributed by atoms with E-state index in [0.717, 1.165) is 0 Å². The van der Waals surface area contributed by atoms with Gasteiger partial charge in [0.15, 0.2) is 0 Å². The van der Waals surface area contributed by atoms with Gasteiger partial charge >= 0.3 is 6.03 Å². The summed E-state index contributed by atoms with van der Waals surface area (Å²) in [7, 11) is 0. The van der Waals surface area contributed by atoms with Gasteiger partial charge in [-0.3, -0.25) is 10.0 Å². The summed E-state index contributed by atoms with van der Waals surface area (Å²) in [6.45, 7) is 0.202. The number of halogens is 1. The minimum atomic E-state index is -1.05. The molecule has 0 spiro atoms. The van der Waals surface area contributed by atoms with Crippen molar-refractivity contribution in [2.24, 2.45) is 0 Å². The molecule has 2 saturated heterocycles. The van der Waals surface area contributed by atoms with Crippen LogP contribution in [0.5, 0.6) is 0 Å². The summed E-state index contributed by atoms with van der Waals surface area (Å²) in [6, 6.07) is -1.52. The Hall–Kier alpha value is -1.17. The number of carbonyl (C=O) groups is 2. The van der Waals surface area contributed by atoms with Crippen LogP contribution < -0.4 is 0 Å². The minimum absolute atomic E-state index is 0.00162. The fraction of sp³-hybridized carbons (Fsp3) is 0.714. The van der Waals surface area contributed by atoms with Gasteiger partial charge in [-0.05, 0) is 6.42 Å². The van der Waals surface area contributed by atoms with Crippen LogP contribution in [-0.4, -0.2) is 45.9 Å². The molecule has 6 heteroatoms. The first-order chi connectivity index (χ1) is 6.11. The van der Waals surface area contributed by atoms with Crippen molar-refractivity contribution in [3.63, 3.8) is 0 Å². The number of fused-ring (bicyclic) bond motifs is 1. The second-order valence-electron chi connectivity index (χ2n) is 3.26. The summed E-state index contributed by atoms with van der Waals surface area (Å²) in [5.74, 6) is -0.715. The van der Waals surface area contributed by atoms with Gasteiger partial charge in [-0.15, -0.1) is 5.06 Å². The van der Waals surface area contributed by atoms with Crippen LogP contribution in [0.25, 0.3) is 0 Å². The van der Waals surface area contributed by atoms with Crippen molar-refractivity contribution in [1.82, 2.24) is 9.96 Å². The molecule has 2 heterocycles. The molecule has 2 rings (SSSR count). The Bertz CT molecular complexity index is 270. The van der Waals surface area contributed by atoms with E-state index in [-0.39, 0.29) is 24.4 Å². The molecule has 72 valence electrons. The average molecular weight is 188 g/mol. The van der Waals surface area contributed by atoms with Crippen LogP contribution in [0.2, 0.25) is 0 Å². The van der Waals surface area contributed by atoms with E-state index in [1.54, 1.807) is 0 Å². The highest BCUT2D eigenvalue weighted by atomic mass is 19.1. The number of amides is 3. The zero-order chi connectivity index (χ0) is 9.59. The summed E-state index contributed by atoms with van der Waals surface area (Å²) in [4.78, 5) is 23.5. The molecule has 2 fully saturated rings. The number of hydroxylamine groups is 2. The van der Waals surface area contributed by atoms with E-state index in [9.17, 15) is 14.0 Å². The Kier molecular flexibility index (Phi) is 1.73. The van der Waals surface area contributed by atoms with E-state index in [1.165, 1.54) is 4.90 Å². The normalized spacial score (nSPS) is 34.0. The van der Waals surface area contributed by atoms with E-state index in [4.69, 9.17) is 5.21 Å². The number of hydrogen-bond acceptors (Lipinski definition) is 3. The lowest BCUT2D eigenvalue weighted by molar-refractivity contribution is -0.149. The zero-order valence-electron chi connectivity index (χ0n) is 6.81. The van der Waals surface area contributed by atoms with Crippen LogP contribution in [0.1, 0.15) is 12.8 Å². The van der Waals surface area contributed by atoms with E-state index >= 15 is 0 Å². The lowest BCUT2D eigenvalue weighted by Crippen LogP contribution is -2.42. The highest BCUT2D eigenvalue weighted by Gasteiger charge is 2.47. The van der Waals surface area contributed by atoms with E-state index in [1.807, 2.05) is 0 Å². The Morgan fingerprint density at radius 2 is 2.15 bits per heavy atom. The Labute approximate surface area is 73.7 Å². The van der Waals surface area contributed by atoms with Crippen LogP contribution in [0, 0.1) is 0 Å². The fourth-order valence-electron chi connectivity index (χ4n) is 1.74. The van der Waals surface area contributed by atoms with Crippen molar-refractivity contribution in [1.29, 1.82) is 0 Å². The van der Waals surface area contributed by atoms with Crippen molar-refractivity contribution < 1.29 is 19.2 Å². The summed E-state index contributed by atoms with van der Waals surface area (Å²) in [5, 5.41) is 9.03. The first-order valence-corrected chi connectivity index (χ1v) is 4.09. The molecule has 5 nitrogen and oxygen atoms in total. The maximum Gasteiger partial charge on any atom is 0.351 e. The summed E-state index contributed by atoms with van der Waals surface area (Å²) < 4.78 is 12.9. The Morgan fingerprint density at radius 1 is 1.46 bits per heavy atom. The first kappa shape index (κ1) is 8.43. The van der Waals surface area contributed by atoms with Crippen molar-refractivity contribution in [2.75, 3.05) is 6.54 Å². The molecule has 1 N–H and O–H groups in total. The third-order valence-corrected chi connectivity index (χ3v) is 2.46. The van der Waals surface area contributed by atoms with Gasteiger partial charge in [0.25, 0.3) is 5.91 Å². The number of rotatable bonds is 0. The topological polar surface area (TPSA) is 60.9 Å². The summed E-state index contributed by atoms with van der Waals surface area (Å²) in [6.07, 6.45) is -0.810. The van der Waals surface area contributed by atoms with Crippen molar-refractivity contribution >= 4 is 11.9 Å². The van der Waals surface area contributed by atoms with Crippen LogP contribution >= 0.6 is 0 Å². The Balaban J connectivity index is 2.22.